The van der Waals surface area contributed by atoms with E-state index in [1.165, 1.54) is 36.7 Å². The summed E-state index contributed by atoms with van der Waals surface area (Å²) in [7, 11) is 1.58. The molecule has 3 aromatic rings. The van der Waals surface area contributed by atoms with Crippen LogP contribution in [0.2, 0.25) is 5.02 Å². The van der Waals surface area contributed by atoms with Crippen molar-refractivity contribution >= 4 is 51.9 Å². The van der Waals surface area contributed by atoms with E-state index in [1.54, 1.807) is 18.1 Å². The van der Waals surface area contributed by atoms with Crippen LogP contribution >= 0.6 is 23.4 Å². The van der Waals surface area contributed by atoms with Gasteiger partial charge in [-0.25, -0.2) is 4.99 Å². The topological polar surface area (TPSA) is 54.4 Å². The molecule has 202 valence electrons. The second-order valence-electron chi connectivity index (χ2n) is 9.43. The van der Waals surface area contributed by atoms with Crippen LogP contribution in [-0.2, 0) is 11.4 Å². The number of benzene rings is 3. The third-order valence-corrected chi connectivity index (χ3v) is 8.06. The summed E-state index contributed by atoms with van der Waals surface area (Å²) in [5, 5.41) is 1.09. The second kappa shape index (κ2) is 12.6. The number of carbonyl (C=O) groups is 1. The number of halogens is 1. The highest BCUT2D eigenvalue weighted by atomic mass is 35.5. The minimum atomic E-state index is -0.0781. The average Bonchev–Trinajstić information content (AvgIpc) is 3.26. The SMILES string of the molecule is CCN1C(=O)/C(=C/c2cc(Cl)c(OCc3ccccc3)c(OC)c2)SC1=Nc1ccc(N2CCCCC2)cc1. The highest BCUT2D eigenvalue weighted by molar-refractivity contribution is 8.18. The fourth-order valence-electron chi connectivity index (χ4n) is 4.72. The van der Waals surface area contributed by atoms with Gasteiger partial charge in [0, 0.05) is 25.3 Å². The van der Waals surface area contributed by atoms with E-state index >= 15 is 0 Å². The minimum Gasteiger partial charge on any atom is -0.493 e. The summed E-state index contributed by atoms with van der Waals surface area (Å²) in [5.74, 6) is 0.905. The number of amidine groups is 1. The molecular formula is C31H32ClN3O3S. The molecule has 0 saturated carbocycles. The largest absolute Gasteiger partial charge is 0.493 e. The van der Waals surface area contributed by atoms with Crippen LogP contribution in [0.3, 0.4) is 0 Å². The first kappa shape index (κ1) is 27.2. The lowest BCUT2D eigenvalue weighted by Gasteiger charge is -2.28. The number of likely N-dealkylation sites (N-methyl/N-ethyl adjacent to an activating group) is 1. The van der Waals surface area contributed by atoms with E-state index in [4.69, 9.17) is 26.1 Å². The van der Waals surface area contributed by atoms with Crippen molar-refractivity contribution in [2.24, 2.45) is 4.99 Å². The Morgan fingerprint density at radius 3 is 2.46 bits per heavy atom. The Kier molecular flexibility index (Phi) is 8.79. The second-order valence-corrected chi connectivity index (χ2v) is 10.8. The molecule has 0 aromatic heterocycles. The van der Waals surface area contributed by atoms with Gasteiger partial charge in [0.25, 0.3) is 5.91 Å². The van der Waals surface area contributed by atoms with Crippen molar-refractivity contribution in [2.45, 2.75) is 32.8 Å². The molecule has 5 rings (SSSR count). The summed E-state index contributed by atoms with van der Waals surface area (Å²) >= 11 is 7.96. The number of carbonyl (C=O) groups excluding carboxylic acids is 1. The predicted molar refractivity (Wildman–Crippen MR) is 161 cm³/mol. The van der Waals surface area contributed by atoms with Gasteiger partial charge in [0.05, 0.1) is 22.7 Å². The maximum absolute atomic E-state index is 13.2. The van der Waals surface area contributed by atoms with Gasteiger partial charge in [-0.1, -0.05) is 41.9 Å². The molecule has 2 saturated heterocycles. The molecule has 39 heavy (non-hydrogen) atoms. The molecule has 0 aliphatic carbocycles. The number of thioether (sulfide) groups is 1. The summed E-state index contributed by atoms with van der Waals surface area (Å²) in [5.41, 5.74) is 3.84. The molecule has 0 bridgehead atoms. The van der Waals surface area contributed by atoms with Crippen LogP contribution in [0, 0.1) is 0 Å². The molecule has 1 amide bonds. The predicted octanol–water partition coefficient (Wildman–Crippen LogP) is 7.54. The Labute approximate surface area is 239 Å². The van der Waals surface area contributed by atoms with Gasteiger partial charge in [-0.05, 0) is 91.5 Å². The van der Waals surface area contributed by atoms with Crippen molar-refractivity contribution in [1.82, 2.24) is 4.90 Å². The van der Waals surface area contributed by atoms with Gasteiger partial charge < -0.3 is 14.4 Å². The zero-order valence-corrected chi connectivity index (χ0v) is 23.8. The molecule has 0 spiro atoms. The van der Waals surface area contributed by atoms with Gasteiger partial charge in [0.15, 0.2) is 16.7 Å². The molecule has 2 heterocycles. The fraction of sp³-hybridized carbons (Fsp3) is 0.290. The van der Waals surface area contributed by atoms with Crippen molar-refractivity contribution < 1.29 is 14.3 Å². The van der Waals surface area contributed by atoms with Gasteiger partial charge in [0.2, 0.25) is 0 Å². The Hall–Kier alpha value is -3.42. The molecular weight excluding hydrogens is 530 g/mol. The number of hydrogen-bond acceptors (Lipinski definition) is 6. The molecule has 2 aliphatic rings. The normalized spacial score (nSPS) is 17.8. The lowest BCUT2D eigenvalue weighted by Crippen LogP contribution is -2.29. The Morgan fingerprint density at radius 2 is 1.77 bits per heavy atom. The van der Waals surface area contributed by atoms with Crippen molar-refractivity contribution in [1.29, 1.82) is 0 Å². The number of hydrogen-bond donors (Lipinski definition) is 0. The molecule has 0 unspecified atom stereocenters. The number of ether oxygens (including phenoxy) is 2. The van der Waals surface area contributed by atoms with Crippen molar-refractivity contribution in [2.75, 3.05) is 31.6 Å². The summed E-state index contributed by atoms with van der Waals surface area (Å²) in [6.07, 6.45) is 5.61. The number of aliphatic imine (C=N–C) groups is 1. The molecule has 0 N–H and O–H groups in total. The first-order chi connectivity index (χ1) is 19.1. The number of anilines is 1. The van der Waals surface area contributed by atoms with Crippen LogP contribution in [-0.4, -0.2) is 42.7 Å². The lowest BCUT2D eigenvalue weighted by atomic mass is 10.1. The third-order valence-electron chi connectivity index (χ3n) is 6.78. The van der Waals surface area contributed by atoms with Gasteiger partial charge in [-0.2, -0.15) is 0 Å². The Bertz CT molecular complexity index is 1370. The van der Waals surface area contributed by atoms with Gasteiger partial charge in [-0.15, -0.1) is 0 Å². The van der Waals surface area contributed by atoms with Crippen LogP contribution < -0.4 is 14.4 Å². The van der Waals surface area contributed by atoms with Crippen LogP contribution in [0.5, 0.6) is 11.5 Å². The van der Waals surface area contributed by atoms with E-state index in [0.717, 1.165) is 29.9 Å². The van der Waals surface area contributed by atoms with Gasteiger partial charge in [-0.3, -0.25) is 9.69 Å². The van der Waals surface area contributed by atoms with E-state index in [1.807, 2.05) is 61.5 Å². The van der Waals surface area contributed by atoms with Crippen molar-refractivity contribution in [3.05, 3.63) is 87.8 Å². The Balaban J connectivity index is 1.34. The zero-order valence-electron chi connectivity index (χ0n) is 22.2. The van der Waals surface area contributed by atoms with Crippen LogP contribution in [0.25, 0.3) is 6.08 Å². The first-order valence-corrected chi connectivity index (χ1v) is 14.4. The Morgan fingerprint density at radius 1 is 1.03 bits per heavy atom. The highest BCUT2D eigenvalue weighted by Crippen LogP contribution is 2.40. The minimum absolute atomic E-state index is 0.0781. The zero-order chi connectivity index (χ0) is 27.2. The summed E-state index contributed by atoms with van der Waals surface area (Å²) in [4.78, 5) is 22.7. The number of methoxy groups -OCH3 is 1. The van der Waals surface area contributed by atoms with Crippen molar-refractivity contribution in [3.63, 3.8) is 0 Å². The molecule has 2 fully saturated rings. The molecule has 0 radical (unpaired) electrons. The number of nitrogens with zero attached hydrogens (tertiary/aromatic N) is 3. The van der Waals surface area contributed by atoms with E-state index in [2.05, 4.69) is 17.0 Å². The fourth-order valence-corrected chi connectivity index (χ4v) is 6.05. The smallest absolute Gasteiger partial charge is 0.266 e. The molecule has 3 aromatic carbocycles. The van der Waals surface area contributed by atoms with Crippen LogP contribution in [0.1, 0.15) is 37.3 Å². The van der Waals surface area contributed by atoms with E-state index in [-0.39, 0.29) is 5.91 Å². The van der Waals surface area contributed by atoms with Gasteiger partial charge >= 0.3 is 0 Å². The monoisotopic (exact) mass is 561 g/mol. The summed E-state index contributed by atoms with van der Waals surface area (Å²) in [6.45, 7) is 5.06. The standard InChI is InChI=1S/C31H32ClN3O3S/c1-3-35-30(36)28(39-31(35)33-24-12-14-25(15-13-24)34-16-8-5-9-17-34)20-23-18-26(32)29(27(19-23)37-2)38-21-22-10-6-4-7-11-22/h4,6-7,10-15,18-20H,3,5,8-9,16-17,21H2,1-2H3/b28-20-,33-31?. The molecule has 8 heteroatoms. The summed E-state index contributed by atoms with van der Waals surface area (Å²) < 4.78 is 11.6. The van der Waals surface area contributed by atoms with Crippen LogP contribution in [0.15, 0.2) is 76.6 Å². The molecule has 2 aliphatic heterocycles. The van der Waals surface area contributed by atoms with E-state index < -0.39 is 0 Å². The quantitative estimate of drug-likeness (QED) is 0.266. The molecule has 0 atom stereocenters. The van der Waals surface area contributed by atoms with E-state index in [9.17, 15) is 4.79 Å². The maximum atomic E-state index is 13.2. The maximum Gasteiger partial charge on any atom is 0.266 e. The lowest BCUT2D eigenvalue weighted by molar-refractivity contribution is -0.122. The average molecular weight is 562 g/mol. The first-order valence-electron chi connectivity index (χ1n) is 13.2. The number of piperidine rings is 1. The van der Waals surface area contributed by atoms with Crippen LogP contribution in [0.4, 0.5) is 11.4 Å². The summed E-state index contributed by atoms with van der Waals surface area (Å²) in [6, 6.07) is 21.8. The molecule has 6 nitrogen and oxygen atoms in total. The number of rotatable bonds is 8. The van der Waals surface area contributed by atoms with Gasteiger partial charge in [0.1, 0.15) is 6.61 Å². The number of amides is 1. The van der Waals surface area contributed by atoms with Crippen molar-refractivity contribution in [3.8, 4) is 11.5 Å². The highest BCUT2D eigenvalue weighted by Gasteiger charge is 2.32. The third kappa shape index (κ3) is 6.43. The van der Waals surface area contributed by atoms with E-state index in [0.29, 0.717) is 39.7 Å².